The summed E-state index contributed by atoms with van der Waals surface area (Å²) in [5.41, 5.74) is 2.13. The number of amides is 1. The van der Waals surface area contributed by atoms with Crippen molar-refractivity contribution in [2.24, 2.45) is 0 Å². The second-order valence-corrected chi connectivity index (χ2v) is 8.00. The Balaban J connectivity index is 1.99. The highest BCUT2D eigenvalue weighted by molar-refractivity contribution is 6.01. The molecular weight excluding hydrogens is 342 g/mol. The topological polar surface area (TPSA) is 75.5 Å². The molecule has 2 aliphatic rings. The number of hydrogen-bond acceptors (Lipinski definition) is 4. The van der Waals surface area contributed by atoms with E-state index in [1.165, 1.54) is 12.5 Å². The lowest BCUT2D eigenvalue weighted by atomic mass is 9.93. The second-order valence-electron chi connectivity index (χ2n) is 8.00. The third kappa shape index (κ3) is 4.42. The molecule has 1 aliphatic heterocycles. The van der Waals surface area contributed by atoms with Gasteiger partial charge < -0.3 is 10.2 Å². The lowest BCUT2D eigenvalue weighted by molar-refractivity contribution is -0.385. The number of rotatable bonds is 6. The van der Waals surface area contributed by atoms with E-state index in [9.17, 15) is 14.9 Å². The first-order chi connectivity index (χ1) is 13.0. The van der Waals surface area contributed by atoms with Crippen molar-refractivity contribution in [3.05, 3.63) is 33.4 Å². The van der Waals surface area contributed by atoms with Crippen molar-refractivity contribution in [3.8, 4) is 0 Å². The molecule has 6 heteroatoms. The van der Waals surface area contributed by atoms with Crippen molar-refractivity contribution in [1.29, 1.82) is 0 Å². The first-order valence-electron chi connectivity index (χ1n) is 10.4. The number of nitrogens with zero attached hydrogens (tertiary/aromatic N) is 2. The van der Waals surface area contributed by atoms with E-state index in [1.54, 1.807) is 0 Å². The van der Waals surface area contributed by atoms with Crippen LogP contribution in [0.5, 0.6) is 0 Å². The van der Waals surface area contributed by atoms with Gasteiger partial charge in [0.15, 0.2) is 0 Å². The number of nitro benzene ring substituents is 1. The molecule has 1 atom stereocenters. The van der Waals surface area contributed by atoms with Crippen LogP contribution in [0.25, 0.3) is 0 Å². The maximum atomic E-state index is 13.1. The molecule has 1 aromatic carbocycles. The summed E-state index contributed by atoms with van der Waals surface area (Å²) in [7, 11) is 0. The van der Waals surface area contributed by atoms with Gasteiger partial charge in [-0.05, 0) is 44.1 Å². The molecule has 1 heterocycles. The molecule has 1 aliphatic carbocycles. The first kappa shape index (κ1) is 19.6. The highest BCUT2D eigenvalue weighted by atomic mass is 16.6. The highest BCUT2D eigenvalue weighted by Gasteiger charge is 2.28. The van der Waals surface area contributed by atoms with Crippen molar-refractivity contribution in [2.45, 2.75) is 77.2 Å². The van der Waals surface area contributed by atoms with Crippen molar-refractivity contribution in [1.82, 2.24) is 5.32 Å². The number of nitro groups is 1. The Morgan fingerprint density at radius 2 is 1.89 bits per heavy atom. The molecule has 1 aromatic rings. The van der Waals surface area contributed by atoms with Crippen molar-refractivity contribution < 1.29 is 9.72 Å². The van der Waals surface area contributed by atoms with Crippen LogP contribution in [0.2, 0.25) is 0 Å². The Labute approximate surface area is 161 Å². The molecule has 2 fully saturated rings. The van der Waals surface area contributed by atoms with Crippen LogP contribution >= 0.6 is 0 Å². The minimum absolute atomic E-state index is 0.0705. The molecule has 0 spiro atoms. The number of anilines is 1. The Kier molecular flexibility index (Phi) is 6.34. The van der Waals surface area contributed by atoms with E-state index in [0.29, 0.717) is 5.56 Å². The largest absolute Gasteiger partial charge is 0.371 e. The summed E-state index contributed by atoms with van der Waals surface area (Å²) in [6.07, 6.45) is 8.51. The summed E-state index contributed by atoms with van der Waals surface area (Å²) in [5, 5.41) is 14.8. The maximum absolute atomic E-state index is 13.1. The zero-order valence-electron chi connectivity index (χ0n) is 16.5. The number of carbonyl (C=O) groups excluding carboxylic acids is 1. The van der Waals surface area contributed by atoms with E-state index in [2.05, 4.69) is 10.2 Å². The third-order valence-corrected chi connectivity index (χ3v) is 6.12. The van der Waals surface area contributed by atoms with Crippen LogP contribution in [0, 0.1) is 10.1 Å². The molecule has 1 saturated heterocycles. The molecule has 0 radical (unpaired) electrons. The molecule has 0 bridgehead atoms. The van der Waals surface area contributed by atoms with Gasteiger partial charge in [0.1, 0.15) is 0 Å². The fourth-order valence-electron chi connectivity index (χ4n) is 4.28. The molecule has 1 saturated carbocycles. The van der Waals surface area contributed by atoms with Crippen LogP contribution in [0.1, 0.15) is 87.1 Å². The van der Waals surface area contributed by atoms with Gasteiger partial charge in [-0.2, -0.15) is 0 Å². The molecule has 1 amide bonds. The zero-order valence-corrected chi connectivity index (χ0v) is 16.5. The number of nitrogens with one attached hydrogen (secondary N) is 1. The summed E-state index contributed by atoms with van der Waals surface area (Å²) >= 11 is 0. The number of benzene rings is 1. The molecule has 1 unspecified atom stereocenters. The fourth-order valence-corrected chi connectivity index (χ4v) is 4.28. The predicted octanol–water partition coefficient (Wildman–Crippen LogP) is 4.77. The van der Waals surface area contributed by atoms with Gasteiger partial charge in [-0.3, -0.25) is 14.9 Å². The second kappa shape index (κ2) is 8.72. The summed E-state index contributed by atoms with van der Waals surface area (Å²) in [4.78, 5) is 26.6. The summed E-state index contributed by atoms with van der Waals surface area (Å²) in [6.45, 7) is 5.86. The predicted molar refractivity (Wildman–Crippen MR) is 108 cm³/mol. The smallest absolute Gasteiger partial charge is 0.273 e. The van der Waals surface area contributed by atoms with E-state index in [0.717, 1.165) is 69.3 Å². The lowest BCUT2D eigenvalue weighted by Crippen LogP contribution is -2.37. The summed E-state index contributed by atoms with van der Waals surface area (Å²) < 4.78 is 0. The molecule has 0 aromatic heterocycles. The lowest BCUT2D eigenvalue weighted by Gasteiger charge is -2.26. The SMILES string of the molecule is CCC(C)c1cc(N2CCCC2)c(C(=O)NC2CCCCC2)cc1[N+](=O)[O-]. The maximum Gasteiger partial charge on any atom is 0.273 e. The summed E-state index contributed by atoms with van der Waals surface area (Å²) in [5.74, 6) is -0.0789. The monoisotopic (exact) mass is 373 g/mol. The quantitative estimate of drug-likeness (QED) is 0.575. The zero-order chi connectivity index (χ0) is 19.4. The number of carbonyl (C=O) groups is 1. The molecule has 27 heavy (non-hydrogen) atoms. The average molecular weight is 373 g/mol. The summed E-state index contributed by atoms with van der Waals surface area (Å²) in [6, 6.07) is 3.62. The normalized spacial score (nSPS) is 19.1. The van der Waals surface area contributed by atoms with Gasteiger partial charge in [0.2, 0.25) is 0 Å². The Hall–Kier alpha value is -2.11. The first-order valence-corrected chi connectivity index (χ1v) is 10.4. The molecule has 1 N–H and O–H groups in total. The minimum Gasteiger partial charge on any atom is -0.371 e. The van der Waals surface area contributed by atoms with Crippen molar-refractivity contribution >= 4 is 17.3 Å². The van der Waals surface area contributed by atoms with Crippen molar-refractivity contribution in [2.75, 3.05) is 18.0 Å². The van der Waals surface area contributed by atoms with E-state index >= 15 is 0 Å². The van der Waals surface area contributed by atoms with Gasteiger partial charge in [-0.25, -0.2) is 0 Å². The van der Waals surface area contributed by atoms with E-state index < -0.39 is 0 Å². The Morgan fingerprint density at radius 1 is 1.22 bits per heavy atom. The van der Waals surface area contributed by atoms with Crippen LogP contribution in [-0.2, 0) is 0 Å². The standard InChI is InChI=1S/C21H31N3O3/c1-3-15(2)17-13-19(23-11-7-8-12-23)18(14-20(17)24(26)27)21(25)22-16-9-5-4-6-10-16/h13-16H,3-12H2,1-2H3,(H,22,25). The third-order valence-electron chi connectivity index (χ3n) is 6.12. The van der Waals surface area contributed by atoms with E-state index in [1.807, 2.05) is 19.9 Å². The highest BCUT2D eigenvalue weighted by Crippen LogP contribution is 2.36. The molecule has 3 rings (SSSR count). The molecule has 148 valence electrons. The van der Waals surface area contributed by atoms with Crippen LogP contribution in [0.4, 0.5) is 11.4 Å². The van der Waals surface area contributed by atoms with Crippen LogP contribution in [0.3, 0.4) is 0 Å². The van der Waals surface area contributed by atoms with E-state index in [-0.39, 0.29) is 28.5 Å². The van der Waals surface area contributed by atoms with Gasteiger partial charge >= 0.3 is 0 Å². The average Bonchev–Trinajstić information content (AvgIpc) is 3.21. The Bertz CT molecular complexity index is 692. The Morgan fingerprint density at radius 3 is 2.48 bits per heavy atom. The van der Waals surface area contributed by atoms with Crippen molar-refractivity contribution in [3.63, 3.8) is 0 Å². The van der Waals surface area contributed by atoms with Gasteiger partial charge in [-0.15, -0.1) is 0 Å². The van der Waals surface area contributed by atoms with E-state index in [4.69, 9.17) is 0 Å². The number of hydrogen-bond donors (Lipinski definition) is 1. The van der Waals surface area contributed by atoms with Gasteiger partial charge in [0.05, 0.1) is 16.2 Å². The van der Waals surface area contributed by atoms with Gasteiger partial charge in [-0.1, -0.05) is 33.1 Å². The molecular formula is C21H31N3O3. The minimum atomic E-state index is -0.341. The fraction of sp³-hybridized carbons (Fsp3) is 0.667. The molecule has 6 nitrogen and oxygen atoms in total. The van der Waals surface area contributed by atoms with Gasteiger partial charge in [0, 0.05) is 30.8 Å². The van der Waals surface area contributed by atoms with Crippen LogP contribution in [0.15, 0.2) is 12.1 Å². The van der Waals surface area contributed by atoms with Crippen LogP contribution in [-0.4, -0.2) is 30.0 Å². The van der Waals surface area contributed by atoms with Gasteiger partial charge in [0.25, 0.3) is 11.6 Å². The van der Waals surface area contributed by atoms with Crippen LogP contribution < -0.4 is 10.2 Å².